The lowest BCUT2D eigenvalue weighted by Crippen LogP contribution is -2.23. The highest BCUT2D eigenvalue weighted by Gasteiger charge is 2.13. The summed E-state index contributed by atoms with van der Waals surface area (Å²) in [6.45, 7) is 4.91. The molecule has 3 aromatic carbocycles. The summed E-state index contributed by atoms with van der Waals surface area (Å²) in [5.41, 5.74) is 4.71. The second-order valence-electron chi connectivity index (χ2n) is 6.86. The molecule has 0 fully saturated rings. The summed E-state index contributed by atoms with van der Waals surface area (Å²) >= 11 is 0. The highest BCUT2D eigenvalue weighted by Crippen LogP contribution is 2.29. The molecule has 132 valence electrons. The van der Waals surface area contributed by atoms with Crippen LogP contribution in [0.2, 0.25) is 0 Å². The van der Waals surface area contributed by atoms with Crippen LogP contribution in [-0.2, 0) is 6.54 Å². The van der Waals surface area contributed by atoms with E-state index in [0.717, 1.165) is 16.8 Å². The van der Waals surface area contributed by atoms with Gasteiger partial charge in [-0.15, -0.1) is 0 Å². The summed E-state index contributed by atoms with van der Waals surface area (Å²) in [4.78, 5) is 0. The lowest BCUT2D eigenvalue weighted by atomic mass is 10.1. The van der Waals surface area contributed by atoms with E-state index in [4.69, 9.17) is 4.74 Å². The fourth-order valence-electron chi connectivity index (χ4n) is 3.46. The smallest absolute Gasteiger partial charge is 0.119 e. The van der Waals surface area contributed by atoms with Gasteiger partial charge in [0.2, 0.25) is 0 Å². The minimum Gasteiger partial charge on any atom is -0.491 e. The highest BCUT2D eigenvalue weighted by molar-refractivity contribution is 6.07. The Labute approximate surface area is 153 Å². The maximum absolute atomic E-state index is 10.6. The van der Waals surface area contributed by atoms with Gasteiger partial charge >= 0.3 is 0 Å². The molecule has 1 heterocycles. The molecule has 3 nitrogen and oxygen atoms in total. The van der Waals surface area contributed by atoms with Crippen LogP contribution in [0, 0.1) is 13.8 Å². The molecule has 0 bridgehead atoms. The number of nitrogens with zero attached hydrogens (tertiary/aromatic N) is 1. The molecule has 26 heavy (non-hydrogen) atoms. The predicted molar refractivity (Wildman–Crippen MR) is 107 cm³/mol. The number of hydrogen-bond acceptors (Lipinski definition) is 2. The first-order valence-corrected chi connectivity index (χ1v) is 8.97. The van der Waals surface area contributed by atoms with E-state index in [1.165, 1.54) is 21.9 Å². The van der Waals surface area contributed by atoms with Gasteiger partial charge in [-0.25, -0.2) is 0 Å². The van der Waals surface area contributed by atoms with Crippen LogP contribution in [0.25, 0.3) is 21.8 Å². The van der Waals surface area contributed by atoms with Gasteiger partial charge < -0.3 is 14.4 Å². The molecule has 0 spiro atoms. The third-order valence-corrected chi connectivity index (χ3v) is 4.99. The molecule has 0 saturated carbocycles. The van der Waals surface area contributed by atoms with E-state index >= 15 is 0 Å². The van der Waals surface area contributed by atoms with Crippen molar-refractivity contribution in [2.45, 2.75) is 26.5 Å². The fraction of sp³-hybridized carbons (Fsp3) is 0.217. The zero-order valence-corrected chi connectivity index (χ0v) is 15.1. The second-order valence-corrected chi connectivity index (χ2v) is 6.86. The Morgan fingerprint density at radius 1 is 0.846 bits per heavy atom. The summed E-state index contributed by atoms with van der Waals surface area (Å²) in [5, 5.41) is 13.0. The first kappa shape index (κ1) is 16.7. The van der Waals surface area contributed by atoms with E-state index in [1.807, 2.05) is 30.3 Å². The lowest BCUT2D eigenvalue weighted by molar-refractivity contribution is 0.0944. The molecule has 4 aromatic rings. The highest BCUT2D eigenvalue weighted by atomic mass is 16.5. The summed E-state index contributed by atoms with van der Waals surface area (Å²) in [5.74, 6) is 0.800. The number of aliphatic hydroxyl groups excluding tert-OH is 1. The average molecular weight is 345 g/mol. The Hall–Kier alpha value is -2.78. The maximum Gasteiger partial charge on any atom is 0.119 e. The van der Waals surface area contributed by atoms with E-state index in [-0.39, 0.29) is 6.61 Å². The van der Waals surface area contributed by atoms with Gasteiger partial charge in [0.1, 0.15) is 18.5 Å². The molecule has 0 unspecified atom stereocenters. The van der Waals surface area contributed by atoms with E-state index < -0.39 is 6.10 Å². The van der Waals surface area contributed by atoms with E-state index in [2.05, 4.69) is 54.8 Å². The van der Waals surface area contributed by atoms with Crippen LogP contribution < -0.4 is 4.74 Å². The van der Waals surface area contributed by atoms with Gasteiger partial charge in [0.25, 0.3) is 0 Å². The van der Waals surface area contributed by atoms with Gasteiger partial charge in [-0.3, -0.25) is 0 Å². The van der Waals surface area contributed by atoms with Gasteiger partial charge in [0.15, 0.2) is 0 Å². The van der Waals surface area contributed by atoms with Crippen molar-refractivity contribution in [1.29, 1.82) is 0 Å². The Morgan fingerprint density at radius 3 is 2.08 bits per heavy atom. The predicted octanol–water partition coefficient (Wildman–Crippen LogP) is 4.85. The minimum atomic E-state index is -0.587. The van der Waals surface area contributed by atoms with Gasteiger partial charge in [-0.05, 0) is 49.2 Å². The standard InChI is InChI=1S/C23H23NO2/c1-16-11-12-19(13-17(16)2)26-15-18(25)14-24-22-9-5-3-7-20(22)21-8-4-6-10-23(21)24/h3-13,18,25H,14-15H2,1-2H3/t18-/m0/s1. The van der Waals surface area contributed by atoms with Crippen molar-refractivity contribution in [2.75, 3.05) is 6.61 Å². The molecular formula is C23H23NO2. The van der Waals surface area contributed by atoms with Crippen LogP contribution in [0.5, 0.6) is 5.75 Å². The number of rotatable bonds is 5. The largest absolute Gasteiger partial charge is 0.491 e. The van der Waals surface area contributed by atoms with Crippen molar-refractivity contribution >= 4 is 21.8 Å². The minimum absolute atomic E-state index is 0.267. The number of para-hydroxylation sites is 2. The lowest BCUT2D eigenvalue weighted by Gasteiger charge is -2.15. The van der Waals surface area contributed by atoms with Gasteiger partial charge in [-0.2, -0.15) is 0 Å². The third kappa shape index (κ3) is 3.06. The fourth-order valence-corrected chi connectivity index (χ4v) is 3.46. The summed E-state index contributed by atoms with van der Waals surface area (Å²) < 4.78 is 7.99. The molecule has 0 aliphatic heterocycles. The van der Waals surface area contributed by atoms with Gasteiger partial charge in [0.05, 0.1) is 6.54 Å². The van der Waals surface area contributed by atoms with Crippen molar-refractivity contribution < 1.29 is 9.84 Å². The van der Waals surface area contributed by atoms with Crippen LogP contribution in [0.3, 0.4) is 0 Å². The normalized spacial score (nSPS) is 12.6. The molecule has 0 radical (unpaired) electrons. The van der Waals surface area contributed by atoms with Crippen molar-refractivity contribution in [2.24, 2.45) is 0 Å². The molecule has 0 aliphatic carbocycles. The SMILES string of the molecule is Cc1ccc(OC[C@@H](O)Cn2c3ccccc3c3ccccc32)cc1C. The Bertz CT molecular complexity index is 1010. The van der Waals surface area contributed by atoms with Crippen molar-refractivity contribution in [1.82, 2.24) is 4.57 Å². The first-order chi connectivity index (χ1) is 12.6. The monoisotopic (exact) mass is 345 g/mol. The average Bonchev–Trinajstić information content (AvgIpc) is 2.97. The van der Waals surface area contributed by atoms with Crippen LogP contribution in [0.1, 0.15) is 11.1 Å². The first-order valence-electron chi connectivity index (χ1n) is 8.97. The number of aryl methyl sites for hydroxylation is 2. The van der Waals surface area contributed by atoms with Crippen LogP contribution in [0.15, 0.2) is 66.7 Å². The molecule has 4 rings (SSSR count). The molecule has 1 atom stereocenters. The summed E-state index contributed by atoms with van der Waals surface area (Å²) in [6.07, 6.45) is -0.587. The van der Waals surface area contributed by atoms with E-state index in [0.29, 0.717) is 6.54 Å². The third-order valence-electron chi connectivity index (χ3n) is 4.99. The number of ether oxygens (including phenoxy) is 1. The quantitative estimate of drug-likeness (QED) is 0.561. The molecule has 1 aromatic heterocycles. The van der Waals surface area contributed by atoms with E-state index in [9.17, 15) is 5.11 Å². The molecular weight excluding hydrogens is 322 g/mol. The molecule has 0 amide bonds. The van der Waals surface area contributed by atoms with Crippen molar-refractivity contribution in [3.8, 4) is 5.75 Å². The number of benzene rings is 3. The number of aliphatic hydroxyl groups is 1. The Morgan fingerprint density at radius 2 is 1.46 bits per heavy atom. The van der Waals surface area contributed by atoms with Gasteiger partial charge in [-0.1, -0.05) is 42.5 Å². The number of fused-ring (bicyclic) bond motifs is 3. The zero-order chi connectivity index (χ0) is 18.1. The van der Waals surface area contributed by atoms with Crippen LogP contribution in [0.4, 0.5) is 0 Å². The van der Waals surface area contributed by atoms with Crippen molar-refractivity contribution in [3.05, 3.63) is 77.9 Å². The molecule has 0 saturated heterocycles. The van der Waals surface area contributed by atoms with Crippen molar-refractivity contribution in [3.63, 3.8) is 0 Å². The number of aromatic nitrogens is 1. The molecule has 1 N–H and O–H groups in total. The summed E-state index contributed by atoms with van der Waals surface area (Å²) in [6, 6.07) is 22.7. The number of hydrogen-bond donors (Lipinski definition) is 1. The molecule has 0 aliphatic rings. The Kier molecular flexibility index (Phi) is 4.39. The van der Waals surface area contributed by atoms with Crippen LogP contribution in [-0.4, -0.2) is 22.4 Å². The van der Waals surface area contributed by atoms with Crippen LogP contribution >= 0.6 is 0 Å². The topological polar surface area (TPSA) is 34.4 Å². The second kappa shape index (κ2) is 6.85. The maximum atomic E-state index is 10.6. The zero-order valence-electron chi connectivity index (χ0n) is 15.1. The Balaban J connectivity index is 1.57. The molecule has 3 heteroatoms. The summed E-state index contributed by atoms with van der Waals surface area (Å²) in [7, 11) is 0. The van der Waals surface area contributed by atoms with E-state index in [1.54, 1.807) is 0 Å². The van der Waals surface area contributed by atoms with Gasteiger partial charge in [0, 0.05) is 21.8 Å².